The van der Waals surface area contributed by atoms with Gasteiger partial charge >= 0.3 is 0 Å². The summed E-state index contributed by atoms with van der Waals surface area (Å²) in [6.45, 7) is 0. The molecule has 0 aliphatic carbocycles. The smallest absolute Gasteiger partial charge is 0.123 e. The van der Waals surface area contributed by atoms with E-state index >= 15 is 0 Å². The maximum atomic E-state index is 13.3. The molecule has 0 saturated heterocycles. The van der Waals surface area contributed by atoms with Gasteiger partial charge in [-0.15, -0.1) is 0 Å². The van der Waals surface area contributed by atoms with Crippen molar-refractivity contribution in [3.63, 3.8) is 0 Å². The lowest BCUT2D eigenvalue weighted by molar-refractivity contribution is 0.545. The van der Waals surface area contributed by atoms with Crippen LogP contribution in [0.2, 0.25) is 0 Å². The number of benzene rings is 2. The van der Waals surface area contributed by atoms with Crippen molar-refractivity contribution in [2.75, 3.05) is 0 Å². The van der Waals surface area contributed by atoms with Gasteiger partial charge in [-0.1, -0.05) is 50.1 Å². The van der Waals surface area contributed by atoms with Gasteiger partial charge in [0.25, 0.3) is 0 Å². The van der Waals surface area contributed by atoms with Gasteiger partial charge in [-0.25, -0.2) is 4.39 Å². The number of halogens is 3. The molecule has 1 atom stereocenters. The highest BCUT2D eigenvalue weighted by atomic mass is 79.9. The molecule has 2 aromatic rings. The van der Waals surface area contributed by atoms with Gasteiger partial charge in [0.05, 0.1) is 6.04 Å². The summed E-state index contributed by atoms with van der Waals surface area (Å²) in [4.78, 5) is 0. The van der Waals surface area contributed by atoms with Crippen LogP contribution >= 0.6 is 31.9 Å². The minimum atomic E-state index is -0.249. The molecule has 2 aromatic carbocycles. The van der Waals surface area contributed by atoms with E-state index in [1.54, 1.807) is 6.07 Å². The summed E-state index contributed by atoms with van der Waals surface area (Å²) in [6, 6.07) is 12.4. The molecular weight excluding hydrogens is 375 g/mol. The van der Waals surface area contributed by atoms with Gasteiger partial charge in [-0.05, 0) is 41.8 Å². The van der Waals surface area contributed by atoms with Crippen LogP contribution in [0.4, 0.5) is 4.39 Å². The summed E-state index contributed by atoms with van der Waals surface area (Å²) in [6.07, 6.45) is 0.595. The Morgan fingerprint density at radius 3 is 2.53 bits per heavy atom. The van der Waals surface area contributed by atoms with E-state index < -0.39 is 0 Å². The molecule has 2 rings (SSSR count). The fourth-order valence-electron chi connectivity index (χ4n) is 1.94. The zero-order chi connectivity index (χ0) is 13.8. The summed E-state index contributed by atoms with van der Waals surface area (Å²) in [5.74, 6) is 5.38. The summed E-state index contributed by atoms with van der Waals surface area (Å²) in [5.41, 5.74) is 4.70. The van der Waals surface area contributed by atoms with Crippen molar-refractivity contribution in [2.45, 2.75) is 12.5 Å². The van der Waals surface area contributed by atoms with E-state index in [9.17, 15) is 4.39 Å². The third-order valence-electron chi connectivity index (χ3n) is 2.91. The lowest BCUT2D eigenvalue weighted by Gasteiger charge is -2.18. The van der Waals surface area contributed by atoms with E-state index in [1.807, 2.05) is 24.3 Å². The normalized spacial score (nSPS) is 12.4. The highest BCUT2D eigenvalue weighted by Gasteiger charge is 2.15. The third kappa shape index (κ3) is 3.63. The molecule has 3 N–H and O–H groups in total. The highest BCUT2D eigenvalue weighted by Crippen LogP contribution is 2.28. The monoisotopic (exact) mass is 386 g/mol. The Balaban J connectivity index is 2.29. The zero-order valence-corrected chi connectivity index (χ0v) is 13.2. The molecule has 0 aliphatic rings. The first kappa shape index (κ1) is 14.7. The molecule has 0 amide bonds. The van der Waals surface area contributed by atoms with Crippen LogP contribution in [-0.2, 0) is 6.42 Å². The Morgan fingerprint density at radius 1 is 1.11 bits per heavy atom. The largest absolute Gasteiger partial charge is 0.271 e. The molecule has 0 heterocycles. The Labute approximate surface area is 128 Å². The molecular formula is C14H13Br2FN2. The second kappa shape index (κ2) is 6.61. The SMILES string of the molecule is NNC(Cc1cc(F)ccc1Br)c1ccccc1Br. The first-order chi connectivity index (χ1) is 9.11. The molecule has 0 spiro atoms. The van der Waals surface area contributed by atoms with E-state index in [0.717, 1.165) is 20.1 Å². The zero-order valence-electron chi connectivity index (χ0n) is 10.0. The predicted octanol–water partition coefficient (Wildman–Crippen LogP) is 4.10. The fraction of sp³-hybridized carbons (Fsp3) is 0.143. The molecule has 1 unspecified atom stereocenters. The average molecular weight is 388 g/mol. The van der Waals surface area contributed by atoms with Crippen LogP contribution < -0.4 is 11.3 Å². The Kier molecular flexibility index (Phi) is 5.10. The Morgan fingerprint density at radius 2 is 1.84 bits per heavy atom. The molecule has 0 bridgehead atoms. The number of nitrogens with one attached hydrogen (secondary N) is 1. The van der Waals surface area contributed by atoms with Crippen molar-refractivity contribution in [3.05, 3.63) is 68.4 Å². The number of hydrazine groups is 1. The van der Waals surface area contributed by atoms with Crippen LogP contribution in [0, 0.1) is 5.82 Å². The Hall–Kier alpha value is -0.750. The van der Waals surface area contributed by atoms with Crippen LogP contribution in [0.15, 0.2) is 51.4 Å². The van der Waals surface area contributed by atoms with Crippen molar-refractivity contribution in [1.82, 2.24) is 5.43 Å². The molecule has 0 saturated carbocycles. The lowest BCUT2D eigenvalue weighted by atomic mass is 9.99. The van der Waals surface area contributed by atoms with Crippen molar-refractivity contribution >= 4 is 31.9 Å². The van der Waals surface area contributed by atoms with Crippen LogP contribution in [0.3, 0.4) is 0 Å². The summed E-state index contributed by atoms with van der Waals surface area (Å²) in [7, 11) is 0. The van der Waals surface area contributed by atoms with Crippen molar-refractivity contribution < 1.29 is 4.39 Å². The van der Waals surface area contributed by atoms with E-state index in [4.69, 9.17) is 5.84 Å². The fourth-order valence-corrected chi connectivity index (χ4v) is 2.91. The van der Waals surface area contributed by atoms with E-state index in [1.165, 1.54) is 12.1 Å². The van der Waals surface area contributed by atoms with Gasteiger partial charge in [0.1, 0.15) is 5.82 Å². The first-order valence-electron chi connectivity index (χ1n) is 5.76. The van der Waals surface area contributed by atoms with Crippen LogP contribution in [0.25, 0.3) is 0 Å². The van der Waals surface area contributed by atoms with Gasteiger partial charge in [0, 0.05) is 8.95 Å². The second-order valence-corrected chi connectivity index (χ2v) is 5.89. The maximum Gasteiger partial charge on any atom is 0.123 e. The van der Waals surface area contributed by atoms with Crippen LogP contribution in [-0.4, -0.2) is 0 Å². The van der Waals surface area contributed by atoms with E-state index in [2.05, 4.69) is 37.3 Å². The first-order valence-corrected chi connectivity index (χ1v) is 7.35. The summed E-state index contributed by atoms with van der Waals surface area (Å²) < 4.78 is 15.2. The molecule has 0 fully saturated rings. The average Bonchev–Trinajstić information content (AvgIpc) is 2.41. The summed E-state index contributed by atoms with van der Waals surface area (Å²) >= 11 is 6.93. The van der Waals surface area contributed by atoms with Gasteiger partial charge in [0.2, 0.25) is 0 Å². The van der Waals surface area contributed by atoms with Gasteiger partial charge in [-0.2, -0.15) is 0 Å². The minimum absolute atomic E-state index is 0.0892. The predicted molar refractivity (Wildman–Crippen MR) is 82.0 cm³/mol. The molecule has 2 nitrogen and oxygen atoms in total. The van der Waals surface area contributed by atoms with Crippen LogP contribution in [0.5, 0.6) is 0 Å². The van der Waals surface area contributed by atoms with Crippen LogP contribution in [0.1, 0.15) is 17.2 Å². The topological polar surface area (TPSA) is 38.0 Å². The molecule has 0 aliphatic heterocycles. The molecule has 5 heteroatoms. The summed E-state index contributed by atoms with van der Waals surface area (Å²) in [5, 5.41) is 0. The molecule has 0 aromatic heterocycles. The number of hydrogen-bond acceptors (Lipinski definition) is 2. The second-order valence-electron chi connectivity index (χ2n) is 4.18. The number of rotatable bonds is 4. The highest BCUT2D eigenvalue weighted by molar-refractivity contribution is 9.10. The minimum Gasteiger partial charge on any atom is -0.271 e. The van der Waals surface area contributed by atoms with E-state index in [-0.39, 0.29) is 11.9 Å². The molecule has 19 heavy (non-hydrogen) atoms. The number of hydrogen-bond donors (Lipinski definition) is 2. The maximum absolute atomic E-state index is 13.3. The number of nitrogens with two attached hydrogens (primary N) is 1. The molecule has 0 radical (unpaired) electrons. The standard InChI is InChI=1S/C14H13Br2FN2/c15-12-6-5-10(17)7-9(12)8-14(19-18)11-3-1-2-4-13(11)16/h1-7,14,19H,8,18H2. The van der Waals surface area contributed by atoms with Gasteiger partial charge in [0.15, 0.2) is 0 Å². The Bertz CT molecular complexity index is 575. The third-order valence-corrected chi connectivity index (χ3v) is 4.41. The lowest BCUT2D eigenvalue weighted by Crippen LogP contribution is -2.30. The molecule has 100 valence electrons. The van der Waals surface area contributed by atoms with Crippen molar-refractivity contribution in [2.24, 2.45) is 5.84 Å². The quantitative estimate of drug-likeness (QED) is 0.612. The van der Waals surface area contributed by atoms with Crippen molar-refractivity contribution in [1.29, 1.82) is 0 Å². The van der Waals surface area contributed by atoms with Gasteiger partial charge < -0.3 is 0 Å². The van der Waals surface area contributed by atoms with E-state index in [0.29, 0.717) is 6.42 Å². The van der Waals surface area contributed by atoms with Gasteiger partial charge in [-0.3, -0.25) is 11.3 Å². The van der Waals surface area contributed by atoms with Crippen molar-refractivity contribution in [3.8, 4) is 0 Å².